The van der Waals surface area contributed by atoms with Gasteiger partial charge in [0.2, 0.25) is 0 Å². The number of benzene rings is 1. The molecule has 0 atom stereocenters. The summed E-state index contributed by atoms with van der Waals surface area (Å²) < 4.78 is 4.13. The molecule has 0 amide bonds. The van der Waals surface area contributed by atoms with Gasteiger partial charge >= 0.3 is 84.2 Å². The molecule has 1 aromatic rings. The Hall–Kier alpha value is -0.0304. The van der Waals surface area contributed by atoms with Crippen molar-refractivity contribution in [2.75, 3.05) is 7.05 Å². The van der Waals surface area contributed by atoms with Crippen molar-refractivity contribution in [2.45, 2.75) is 20.4 Å². The van der Waals surface area contributed by atoms with E-state index in [1.54, 1.807) is 9.17 Å². The van der Waals surface area contributed by atoms with Crippen LogP contribution in [0.25, 0.3) is 0 Å². The fourth-order valence-corrected chi connectivity index (χ4v) is 4.38. The molecule has 1 heterocycles. The second kappa shape index (κ2) is 3.03. The molecule has 0 saturated heterocycles. The third kappa shape index (κ3) is 1.40. The van der Waals surface area contributed by atoms with Crippen LogP contribution in [0.5, 0.6) is 0 Å². The van der Waals surface area contributed by atoms with Crippen molar-refractivity contribution >= 4 is 24.8 Å². The predicted molar refractivity (Wildman–Crippen MR) is 52.8 cm³/mol. The zero-order valence-corrected chi connectivity index (χ0v) is 10.0. The summed E-state index contributed by atoms with van der Waals surface area (Å²) in [6.07, 6.45) is 0. The van der Waals surface area contributed by atoms with Crippen molar-refractivity contribution in [3.63, 3.8) is 0 Å². The van der Waals surface area contributed by atoms with E-state index in [1.165, 1.54) is 17.7 Å². The van der Waals surface area contributed by atoms with E-state index >= 15 is 0 Å². The van der Waals surface area contributed by atoms with Gasteiger partial charge in [-0.3, -0.25) is 0 Å². The first-order valence-corrected chi connectivity index (χ1v) is 6.37. The molecule has 0 spiro atoms. The molecule has 0 fully saturated rings. The maximum atomic E-state index is 2.48. The molecule has 12 heavy (non-hydrogen) atoms. The van der Waals surface area contributed by atoms with E-state index in [1.807, 2.05) is 0 Å². The molecule has 1 aromatic carbocycles. The molecular weight excluding hydrogens is 262 g/mol. The van der Waals surface area contributed by atoms with Crippen LogP contribution in [0.2, 0.25) is 0 Å². The van der Waals surface area contributed by atoms with Crippen molar-refractivity contribution in [3.05, 3.63) is 28.8 Å². The number of aryl methyl sites for hydroxylation is 2. The van der Waals surface area contributed by atoms with E-state index in [4.69, 9.17) is 0 Å². The average Bonchev–Trinajstić information content (AvgIpc) is 2.30. The summed E-state index contributed by atoms with van der Waals surface area (Å²) in [7, 11) is 2.23. The van der Waals surface area contributed by atoms with Crippen molar-refractivity contribution in [2.24, 2.45) is 0 Å². The van der Waals surface area contributed by atoms with Gasteiger partial charge in [0, 0.05) is 0 Å². The Balaban J connectivity index is 2.48. The Bertz CT molecular complexity index is 289. The molecule has 1 aliphatic heterocycles. The monoisotopic (exact) mass is 277 g/mol. The molecule has 2 rings (SSSR count). The first-order chi connectivity index (χ1) is 5.66. The van der Waals surface area contributed by atoms with Crippen LogP contribution >= 0.6 is 0 Å². The first-order valence-electron chi connectivity index (χ1n) is 4.16. The van der Waals surface area contributed by atoms with Gasteiger partial charge in [0.05, 0.1) is 0 Å². The fourth-order valence-electron chi connectivity index (χ4n) is 1.50. The molecule has 0 aromatic heterocycles. The van der Waals surface area contributed by atoms with Crippen molar-refractivity contribution in [1.29, 1.82) is 0 Å². The van der Waals surface area contributed by atoms with Crippen LogP contribution in [0.15, 0.2) is 12.1 Å². The van der Waals surface area contributed by atoms with E-state index in [2.05, 4.69) is 36.2 Å². The Morgan fingerprint density at radius 2 is 1.92 bits per heavy atom. The molecule has 1 nitrogen and oxygen atoms in total. The summed E-state index contributed by atoms with van der Waals surface area (Å²) >= 11 is -0.0107. The second-order valence-corrected chi connectivity index (χ2v) is 6.98. The molecule has 0 unspecified atom stereocenters. The molecule has 64 valence electrons. The van der Waals surface area contributed by atoms with Gasteiger partial charge in [-0.2, -0.15) is 0 Å². The predicted octanol–water partition coefficient (Wildman–Crippen LogP) is 0.993. The van der Waals surface area contributed by atoms with Crippen LogP contribution in [0.4, 0.5) is 0 Å². The third-order valence-corrected chi connectivity index (χ3v) is 5.23. The fraction of sp³-hybridized carbons (Fsp3) is 0.400. The summed E-state index contributed by atoms with van der Waals surface area (Å²) in [6.45, 7) is 5.59. The van der Waals surface area contributed by atoms with E-state index in [0.717, 1.165) is 0 Å². The molecule has 0 aliphatic carbocycles. The molecule has 2 heteroatoms. The van der Waals surface area contributed by atoms with Crippen LogP contribution in [0.3, 0.4) is 0 Å². The van der Waals surface area contributed by atoms with Crippen LogP contribution in [0, 0.1) is 13.8 Å². The van der Waals surface area contributed by atoms with E-state index < -0.39 is 0 Å². The van der Waals surface area contributed by atoms with Crippen molar-refractivity contribution in [3.8, 4) is 0 Å². The molecule has 1 aliphatic rings. The molecular formula is C10H13NTe. The van der Waals surface area contributed by atoms with E-state index in [-0.39, 0.29) is 21.2 Å². The van der Waals surface area contributed by atoms with Gasteiger partial charge in [-0.1, -0.05) is 0 Å². The summed E-state index contributed by atoms with van der Waals surface area (Å²) in [5.74, 6) is 0. The minimum atomic E-state index is -0.0107. The second-order valence-electron chi connectivity index (χ2n) is 3.42. The van der Waals surface area contributed by atoms with Crippen LogP contribution in [-0.2, 0) is 6.54 Å². The number of rotatable bonds is 0. The Kier molecular flexibility index (Phi) is 2.16. The molecule has 0 radical (unpaired) electrons. The van der Waals surface area contributed by atoms with Gasteiger partial charge in [0.25, 0.3) is 0 Å². The maximum absolute atomic E-state index is 2.48. The zero-order valence-electron chi connectivity index (χ0n) is 7.72. The van der Waals surface area contributed by atoms with Gasteiger partial charge in [-0.25, -0.2) is 0 Å². The molecule has 0 bridgehead atoms. The average molecular weight is 275 g/mol. The third-order valence-electron chi connectivity index (χ3n) is 2.32. The number of hydrogen-bond donors (Lipinski definition) is 0. The quantitative estimate of drug-likeness (QED) is 0.638. The van der Waals surface area contributed by atoms with Crippen molar-refractivity contribution in [1.82, 2.24) is 3.15 Å². The Labute approximate surface area is 84.2 Å². The van der Waals surface area contributed by atoms with E-state index in [0.29, 0.717) is 0 Å². The van der Waals surface area contributed by atoms with Crippen LogP contribution in [0.1, 0.15) is 16.7 Å². The molecule has 0 N–H and O–H groups in total. The normalized spacial score (nSPS) is 16.6. The van der Waals surface area contributed by atoms with Crippen LogP contribution < -0.4 is 3.61 Å². The number of hydrogen-bond acceptors (Lipinski definition) is 1. The van der Waals surface area contributed by atoms with Crippen molar-refractivity contribution < 1.29 is 0 Å². The number of fused-ring (bicyclic) bond motifs is 1. The summed E-state index contributed by atoms with van der Waals surface area (Å²) in [6, 6.07) is 4.75. The first kappa shape index (κ1) is 8.56. The number of nitrogens with zero attached hydrogens (tertiary/aromatic N) is 1. The van der Waals surface area contributed by atoms with Gasteiger partial charge in [-0.15, -0.1) is 0 Å². The topological polar surface area (TPSA) is 3.24 Å². The summed E-state index contributed by atoms with van der Waals surface area (Å²) in [4.78, 5) is 0. The van der Waals surface area contributed by atoms with Gasteiger partial charge in [-0.05, 0) is 0 Å². The summed E-state index contributed by atoms with van der Waals surface area (Å²) in [5, 5.41) is 0. The van der Waals surface area contributed by atoms with E-state index in [9.17, 15) is 0 Å². The Morgan fingerprint density at radius 1 is 1.25 bits per heavy atom. The SMILES string of the molecule is Cc1cc2c(cc1C)[Te]N(C)C2. The van der Waals surface area contributed by atoms with Gasteiger partial charge < -0.3 is 0 Å². The van der Waals surface area contributed by atoms with Gasteiger partial charge in [0.15, 0.2) is 0 Å². The van der Waals surface area contributed by atoms with Crippen LogP contribution in [-0.4, -0.2) is 31.4 Å². The van der Waals surface area contributed by atoms with Gasteiger partial charge in [0.1, 0.15) is 0 Å². The zero-order chi connectivity index (χ0) is 8.72. The standard InChI is InChI=1S/C10H13NTe/c1-7-4-9-6-11(3)12-10(9)5-8(7)2/h4-5H,6H2,1-3H3. The molecule has 0 saturated carbocycles. The Morgan fingerprint density at radius 3 is 2.67 bits per heavy atom. The minimum absolute atomic E-state index is 0.0107. The summed E-state index contributed by atoms with van der Waals surface area (Å²) in [5.41, 5.74) is 4.47.